The van der Waals surface area contributed by atoms with Crippen molar-refractivity contribution in [2.24, 2.45) is 0 Å². The SMILES string of the molecule is CNS(=O)(=O)c1ccc(NCCCOCCOC)cc1. The zero-order chi connectivity index (χ0) is 14.8. The van der Waals surface area contributed by atoms with Crippen molar-refractivity contribution in [2.45, 2.75) is 11.3 Å². The summed E-state index contributed by atoms with van der Waals surface area (Å²) in [7, 11) is -0.327. The van der Waals surface area contributed by atoms with E-state index >= 15 is 0 Å². The van der Waals surface area contributed by atoms with E-state index in [1.54, 1.807) is 31.4 Å². The Bertz CT molecular complexity index is 474. The normalized spacial score (nSPS) is 11.5. The van der Waals surface area contributed by atoms with Crippen molar-refractivity contribution in [3.63, 3.8) is 0 Å². The van der Waals surface area contributed by atoms with E-state index in [4.69, 9.17) is 9.47 Å². The largest absolute Gasteiger partial charge is 0.385 e. The van der Waals surface area contributed by atoms with Crippen LogP contribution in [0.15, 0.2) is 29.2 Å². The van der Waals surface area contributed by atoms with E-state index in [1.807, 2.05) is 0 Å². The summed E-state index contributed by atoms with van der Waals surface area (Å²) in [5.74, 6) is 0. The number of sulfonamides is 1. The molecule has 0 aliphatic heterocycles. The molecule has 1 aromatic carbocycles. The number of ether oxygens (including phenoxy) is 2. The second-order valence-electron chi connectivity index (χ2n) is 4.12. The van der Waals surface area contributed by atoms with Gasteiger partial charge in [0, 0.05) is 25.9 Å². The van der Waals surface area contributed by atoms with Gasteiger partial charge in [-0.3, -0.25) is 0 Å². The van der Waals surface area contributed by atoms with Gasteiger partial charge in [0.05, 0.1) is 18.1 Å². The van der Waals surface area contributed by atoms with Crippen molar-refractivity contribution < 1.29 is 17.9 Å². The van der Waals surface area contributed by atoms with E-state index in [0.717, 1.165) is 18.7 Å². The molecule has 0 radical (unpaired) electrons. The standard InChI is InChI=1S/C13H22N2O4S/c1-14-20(16,17)13-6-4-12(5-7-13)15-8-3-9-19-11-10-18-2/h4-7,14-15H,3,8-11H2,1-2H3. The van der Waals surface area contributed by atoms with Crippen LogP contribution in [0.2, 0.25) is 0 Å². The van der Waals surface area contributed by atoms with Crippen molar-refractivity contribution in [1.29, 1.82) is 0 Å². The average Bonchev–Trinajstić information content (AvgIpc) is 2.47. The van der Waals surface area contributed by atoms with E-state index in [9.17, 15) is 8.42 Å². The van der Waals surface area contributed by atoms with Crippen molar-refractivity contribution in [3.05, 3.63) is 24.3 Å². The summed E-state index contributed by atoms with van der Waals surface area (Å²) < 4.78 is 35.6. The van der Waals surface area contributed by atoms with Gasteiger partial charge >= 0.3 is 0 Å². The summed E-state index contributed by atoms with van der Waals surface area (Å²) in [5, 5.41) is 3.21. The molecule has 1 rings (SSSR count). The Morgan fingerprint density at radius 1 is 1.10 bits per heavy atom. The summed E-state index contributed by atoms with van der Waals surface area (Å²) in [6.07, 6.45) is 0.875. The maximum atomic E-state index is 11.5. The summed E-state index contributed by atoms with van der Waals surface area (Å²) >= 11 is 0. The van der Waals surface area contributed by atoms with Crippen molar-refractivity contribution in [2.75, 3.05) is 45.8 Å². The maximum Gasteiger partial charge on any atom is 0.240 e. The molecule has 6 nitrogen and oxygen atoms in total. The van der Waals surface area contributed by atoms with Gasteiger partial charge in [0.2, 0.25) is 10.0 Å². The molecule has 0 saturated heterocycles. The second kappa shape index (κ2) is 8.91. The quantitative estimate of drug-likeness (QED) is 0.632. The Balaban J connectivity index is 2.29. The van der Waals surface area contributed by atoms with E-state index in [1.165, 1.54) is 7.05 Å². The molecule has 20 heavy (non-hydrogen) atoms. The predicted molar refractivity (Wildman–Crippen MR) is 78.5 cm³/mol. The summed E-state index contributed by atoms with van der Waals surface area (Å²) in [6, 6.07) is 6.64. The fraction of sp³-hybridized carbons (Fsp3) is 0.538. The minimum Gasteiger partial charge on any atom is -0.385 e. The lowest BCUT2D eigenvalue weighted by atomic mass is 10.3. The number of hydrogen-bond donors (Lipinski definition) is 2. The molecule has 0 aliphatic rings. The molecule has 0 saturated carbocycles. The molecule has 0 fully saturated rings. The summed E-state index contributed by atoms with van der Waals surface area (Å²) in [5.41, 5.74) is 0.886. The van der Waals surface area contributed by atoms with Crippen molar-refractivity contribution in [3.8, 4) is 0 Å². The minimum atomic E-state index is -3.36. The fourth-order valence-corrected chi connectivity index (χ4v) is 2.25. The van der Waals surface area contributed by atoms with Crippen LogP contribution < -0.4 is 10.0 Å². The number of nitrogens with one attached hydrogen (secondary N) is 2. The molecule has 0 unspecified atom stereocenters. The van der Waals surface area contributed by atoms with Gasteiger partial charge in [-0.25, -0.2) is 13.1 Å². The highest BCUT2D eigenvalue weighted by molar-refractivity contribution is 7.89. The van der Waals surface area contributed by atoms with Crippen LogP contribution in [0, 0.1) is 0 Å². The highest BCUT2D eigenvalue weighted by Gasteiger charge is 2.09. The molecule has 0 bridgehead atoms. The third kappa shape index (κ3) is 5.87. The Morgan fingerprint density at radius 3 is 2.40 bits per heavy atom. The second-order valence-corrected chi connectivity index (χ2v) is 6.00. The van der Waals surface area contributed by atoms with Crippen LogP contribution in [-0.2, 0) is 19.5 Å². The van der Waals surface area contributed by atoms with Gasteiger partial charge < -0.3 is 14.8 Å². The Morgan fingerprint density at radius 2 is 1.80 bits per heavy atom. The first-order valence-corrected chi connectivity index (χ1v) is 7.92. The van der Waals surface area contributed by atoms with Gasteiger partial charge in [-0.15, -0.1) is 0 Å². The maximum absolute atomic E-state index is 11.5. The first kappa shape index (κ1) is 16.9. The van der Waals surface area contributed by atoms with Crippen LogP contribution >= 0.6 is 0 Å². The molecular formula is C13H22N2O4S. The minimum absolute atomic E-state index is 0.258. The number of methoxy groups -OCH3 is 1. The molecular weight excluding hydrogens is 280 g/mol. The Hall–Kier alpha value is -1.15. The monoisotopic (exact) mass is 302 g/mol. The topological polar surface area (TPSA) is 76.7 Å². The number of hydrogen-bond acceptors (Lipinski definition) is 5. The molecule has 0 spiro atoms. The summed E-state index contributed by atoms with van der Waals surface area (Å²) in [4.78, 5) is 0.258. The number of rotatable bonds is 10. The summed E-state index contributed by atoms with van der Waals surface area (Å²) in [6.45, 7) is 2.65. The highest BCUT2D eigenvalue weighted by atomic mass is 32.2. The van der Waals surface area contributed by atoms with E-state index < -0.39 is 10.0 Å². The molecule has 1 aromatic rings. The smallest absolute Gasteiger partial charge is 0.240 e. The molecule has 2 N–H and O–H groups in total. The van der Waals surface area contributed by atoms with Gasteiger partial charge in [-0.1, -0.05) is 0 Å². The van der Waals surface area contributed by atoms with E-state index in [0.29, 0.717) is 19.8 Å². The van der Waals surface area contributed by atoms with Crippen LogP contribution in [-0.4, -0.2) is 48.9 Å². The molecule has 0 aromatic heterocycles. The number of benzene rings is 1. The van der Waals surface area contributed by atoms with E-state index in [-0.39, 0.29) is 4.90 Å². The number of anilines is 1. The molecule has 0 aliphatic carbocycles. The van der Waals surface area contributed by atoms with Crippen molar-refractivity contribution in [1.82, 2.24) is 4.72 Å². The molecule has 114 valence electrons. The molecule has 0 atom stereocenters. The lowest BCUT2D eigenvalue weighted by Crippen LogP contribution is -2.18. The lowest BCUT2D eigenvalue weighted by Gasteiger charge is -2.08. The van der Waals surface area contributed by atoms with Gasteiger partial charge in [-0.2, -0.15) is 0 Å². The average molecular weight is 302 g/mol. The Kier molecular flexibility index (Phi) is 7.53. The van der Waals surface area contributed by atoms with Gasteiger partial charge in [0.15, 0.2) is 0 Å². The van der Waals surface area contributed by atoms with Crippen LogP contribution in [0.1, 0.15) is 6.42 Å². The zero-order valence-corrected chi connectivity index (χ0v) is 12.7. The molecule has 0 heterocycles. The van der Waals surface area contributed by atoms with Crippen LogP contribution in [0.4, 0.5) is 5.69 Å². The van der Waals surface area contributed by atoms with Crippen molar-refractivity contribution >= 4 is 15.7 Å². The highest BCUT2D eigenvalue weighted by Crippen LogP contribution is 2.13. The predicted octanol–water partition coefficient (Wildman–Crippen LogP) is 1.06. The van der Waals surface area contributed by atoms with Crippen LogP contribution in [0.3, 0.4) is 0 Å². The third-order valence-corrected chi connectivity index (χ3v) is 4.09. The van der Waals surface area contributed by atoms with Crippen LogP contribution in [0.25, 0.3) is 0 Å². The van der Waals surface area contributed by atoms with Gasteiger partial charge in [-0.05, 0) is 37.7 Å². The van der Waals surface area contributed by atoms with E-state index in [2.05, 4.69) is 10.0 Å². The fourth-order valence-electron chi connectivity index (χ4n) is 1.52. The first-order valence-electron chi connectivity index (χ1n) is 6.44. The first-order chi connectivity index (χ1) is 9.60. The zero-order valence-electron chi connectivity index (χ0n) is 11.9. The molecule has 0 amide bonds. The molecule has 7 heteroatoms. The van der Waals surface area contributed by atoms with Crippen LogP contribution in [0.5, 0.6) is 0 Å². The third-order valence-electron chi connectivity index (χ3n) is 2.66. The lowest BCUT2D eigenvalue weighted by molar-refractivity contribution is 0.0705. The van der Waals surface area contributed by atoms with Gasteiger partial charge in [0.25, 0.3) is 0 Å². The Labute approximate surface area is 120 Å². The van der Waals surface area contributed by atoms with Gasteiger partial charge in [0.1, 0.15) is 0 Å².